The van der Waals surface area contributed by atoms with Crippen molar-refractivity contribution in [2.75, 3.05) is 13.2 Å². The van der Waals surface area contributed by atoms with E-state index < -0.39 is 6.04 Å². The molecule has 2 amide bonds. The Morgan fingerprint density at radius 1 is 1.03 bits per heavy atom. The van der Waals surface area contributed by atoms with Crippen LogP contribution in [0.5, 0.6) is 5.75 Å². The molecule has 168 valence electrons. The summed E-state index contributed by atoms with van der Waals surface area (Å²) >= 11 is 0. The normalized spacial score (nSPS) is 12.2. The molecule has 0 aromatic heterocycles. The van der Waals surface area contributed by atoms with Gasteiger partial charge in [0.2, 0.25) is 5.91 Å². The van der Waals surface area contributed by atoms with Gasteiger partial charge in [-0.1, -0.05) is 69.7 Å². The van der Waals surface area contributed by atoms with E-state index >= 15 is 0 Å². The number of hydrogen-bond acceptors (Lipinski definition) is 3. The van der Waals surface area contributed by atoms with Crippen LogP contribution in [0.1, 0.15) is 57.7 Å². The third-order valence-corrected chi connectivity index (χ3v) is 5.27. The summed E-state index contributed by atoms with van der Waals surface area (Å²) in [4.78, 5) is 27.2. The van der Waals surface area contributed by atoms with Crippen molar-refractivity contribution in [3.8, 4) is 5.75 Å². The SMILES string of the molecule is CCCNC(=O)C(C)N(Cc1ccc(C)cc1)C(=O)COc1ccc(C(C)(C)C)cc1. The second-order valence-corrected chi connectivity index (χ2v) is 9.04. The van der Waals surface area contributed by atoms with Crippen LogP contribution < -0.4 is 10.1 Å². The van der Waals surface area contributed by atoms with Crippen LogP contribution in [0.15, 0.2) is 48.5 Å². The van der Waals surface area contributed by atoms with Crippen LogP contribution in [-0.4, -0.2) is 35.9 Å². The van der Waals surface area contributed by atoms with Gasteiger partial charge in [0.15, 0.2) is 6.61 Å². The van der Waals surface area contributed by atoms with Gasteiger partial charge in [-0.25, -0.2) is 0 Å². The van der Waals surface area contributed by atoms with E-state index in [9.17, 15) is 9.59 Å². The monoisotopic (exact) mass is 424 g/mol. The molecule has 1 atom stereocenters. The fourth-order valence-electron chi connectivity index (χ4n) is 3.15. The number of carbonyl (C=O) groups is 2. The van der Waals surface area contributed by atoms with Crippen LogP contribution >= 0.6 is 0 Å². The second kappa shape index (κ2) is 11.0. The Kier molecular flexibility index (Phi) is 8.66. The van der Waals surface area contributed by atoms with Gasteiger partial charge in [-0.2, -0.15) is 0 Å². The highest BCUT2D eigenvalue weighted by atomic mass is 16.5. The molecule has 0 saturated heterocycles. The van der Waals surface area contributed by atoms with Gasteiger partial charge in [-0.05, 0) is 48.9 Å². The first-order chi connectivity index (χ1) is 14.6. The number of benzene rings is 2. The van der Waals surface area contributed by atoms with Crippen LogP contribution in [0.25, 0.3) is 0 Å². The Morgan fingerprint density at radius 3 is 2.19 bits per heavy atom. The highest BCUT2D eigenvalue weighted by Gasteiger charge is 2.26. The van der Waals surface area contributed by atoms with Crippen molar-refractivity contribution in [2.24, 2.45) is 0 Å². The number of nitrogens with zero attached hydrogens (tertiary/aromatic N) is 1. The van der Waals surface area contributed by atoms with Crippen LogP contribution in [0, 0.1) is 6.92 Å². The van der Waals surface area contributed by atoms with Crippen molar-refractivity contribution in [3.05, 3.63) is 65.2 Å². The van der Waals surface area contributed by atoms with Gasteiger partial charge in [-0.15, -0.1) is 0 Å². The van der Waals surface area contributed by atoms with Crippen LogP contribution in [0.2, 0.25) is 0 Å². The lowest BCUT2D eigenvalue weighted by Crippen LogP contribution is -2.49. The van der Waals surface area contributed by atoms with Gasteiger partial charge in [0.25, 0.3) is 5.91 Å². The summed E-state index contributed by atoms with van der Waals surface area (Å²) in [6.07, 6.45) is 0.845. The summed E-state index contributed by atoms with van der Waals surface area (Å²) in [6, 6.07) is 15.2. The molecular formula is C26H36N2O3. The molecule has 0 saturated carbocycles. The third-order valence-electron chi connectivity index (χ3n) is 5.27. The first-order valence-corrected chi connectivity index (χ1v) is 11.0. The highest BCUT2D eigenvalue weighted by Crippen LogP contribution is 2.24. The highest BCUT2D eigenvalue weighted by molar-refractivity contribution is 5.87. The summed E-state index contributed by atoms with van der Waals surface area (Å²) in [5.41, 5.74) is 3.38. The van der Waals surface area contributed by atoms with Gasteiger partial charge >= 0.3 is 0 Å². The first-order valence-electron chi connectivity index (χ1n) is 11.0. The molecule has 5 heteroatoms. The second-order valence-electron chi connectivity index (χ2n) is 9.04. The number of ether oxygens (including phenoxy) is 1. The Bertz CT molecular complexity index is 852. The average Bonchev–Trinajstić information content (AvgIpc) is 2.74. The molecule has 0 aliphatic carbocycles. The number of carbonyl (C=O) groups excluding carboxylic acids is 2. The quantitative estimate of drug-likeness (QED) is 0.639. The molecule has 2 aromatic rings. The fraction of sp³-hybridized carbons (Fsp3) is 0.462. The van der Waals surface area contributed by atoms with E-state index in [-0.39, 0.29) is 23.8 Å². The van der Waals surface area contributed by atoms with E-state index in [4.69, 9.17) is 4.74 Å². The minimum absolute atomic E-state index is 0.0560. The Balaban J connectivity index is 2.10. The molecular weight excluding hydrogens is 388 g/mol. The zero-order valence-electron chi connectivity index (χ0n) is 19.7. The van der Waals surface area contributed by atoms with Gasteiger partial charge < -0.3 is 15.0 Å². The van der Waals surface area contributed by atoms with Crippen LogP contribution in [0.4, 0.5) is 0 Å². The van der Waals surface area contributed by atoms with Crippen LogP contribution in [-0.2, 0) is 21.5 Å². The molecule has 2 aromatic carbocycles. The number of hydrogen-bond donors (Lipinski definition) is 1. The molecule has 2 rings (SSSR count). The molecule has 0 fully saturated rings. The molecule has 0 heterocycles. The summed E-state index contributed by atoms with van der Waals surface area (Å²) < 4.78 is 5.76. The Labute approximate surface area is 186 Å². The van der Waals surface area contributed by atoms with E-state index in [2.05, 4.69) is 26.1 Å². The lowest BCUT2D eigenvalue weighted by atomic mass is 9.87. The summed E-state index contributed by atoms with van der Waals surface area (Å²) in [5.74, 6) is 0.260. The summed E-state index contributed by atoms with van der Waals surface area (Å²) in [5, 5.41) is 2.88. The maximum atomic E-state index is 13.1. The van der Waals surface area contributed by atoms with Gasteiger partial charge in [0.05, 0.1) is 0 Å². The molecule has 0 spiro atoms. The van der Waals surface area contributed by atoms with Crippen molar-refractivity contribution >= 4 is 11.8 Å². The Morgan fingerprint density at radius 2 is 1.65 bits per heavy atom. The minimum atomic E-state index is -0.591. The molecule has 0 radical (unpaired) electrons. The van der Waals surface area contributed by atoms with Gasteiger partial charge in [-0.3, -0.25) is 9.59 Å². The van der Waals surface area contributed by atoms with Crippen molar-refractivity contribution < 1.29 is 14.3 Å². The lowest BCUT2D eigenvalue weighted by Gasteiger charge is -2.29. The molecule has 0 aliphatic heterocycles. The van der Waals surface area contributed by atoms with E-state index in [1.54, 1.807) is 11.8 Å². The van der Waals surface area contributed by atoms with E-state index in [0.29, 0.717) is 18.8 Å². The maximum Gasteiger partial charge on any atom is 0.261 e. The smallest absolute Gasteiger partial charge is 0.261 e. The number of aryl methyl sites for hydroxylation is 1. The van der Waals surface area contributed by atoms with Gasteiger partial charge in [0, 0.05) is 13.1 Å². The number of nitrogens with one attached hydrogen (secondary N) is 1. The van der Waals surface area contributed by atoms with E-state index in [1.165, 1.54) is 5.56 Å². The summed E-state index contributed by atoms with van der Waals surface area (Å²) in [7, 11) is 0. The zero-order chi connectivity index (χ0) is 23.0. The standard InChI is InChI=1S/C26H36N2O3/c1-7-16-27-25(30)20(3)28(17-21-10-8-19(2)9-11-21)24(29)18-31-23-14-12-22(13-15-23)26(4,5)6/h8-15,20H,7,16-18H2,1-6H3,(H,27,30). The van der Waals surface area contributed by atoms with Crippen LogP contribution in [0.3, 0.4) is 0 Å². The molecule has 31 heavy (non-hydrogen) atoms. The van der Waals surface area contributed by atoms with E-state index in [1.807, 2.05) is 62.4 Å². The fourth-order valence-corrected chi connectivity index (χ4v) is 3.15. The topological polar surface area (TPSA) is 58.6 Å². The molecule has 1 N–H and O–H groups in total. The minimum Gasteiger partial charge on any atom is -0.484 e. The van der Waals surface area contributed by atoms with Crippen molar-refractivity contribution in [3.63, 3.8) is 0 Å². The number of amides is 2. The largest absolute Gasteiger partial charge is 0.484 e. The molecule has 0 aliphatic rings. The summed E-state index contributed by atoms with van der Waals surface area (Å²) in [6.45, 7) is 13.1. The molecule has 5 nitrogen and oxygen atoms in total. The number of rotatable bonds is 9. The zero-order valence-corrected chi connectivity index (χ0v) is 19.7. The van der Waals surface area contributed by atoms with Crippen molar-refractivity contribution in [2.45, 2.75) is 66.0 Å². The van der Waals surface area contributed by atoms with E-state index in [0.717, 1.165) is 17.5 Å². The van der Waals surface area contributed by atoms with Crippen molar-refractivity contribution in [1.82, 2.24) is 10.2 Å². The van der Waals surface area contributed by atoms with Crippen molar-refractivity contribution in [1.29, 1.82) is 0 Å². The lowest BCUT2D eigenvalue weighted by molar-refractivity contribution is -0.142. The molecule has 0 bridgehead atoms. The first kappa shape index (κ1) is 24.4. The molecule has 1 unspecified atom stereocenters. The predicted octanol–water partition coefficient (Wildman–Crippen LogP) is 4.61. The maximum absolute atomic E-state index is 13.1. The third kappa shape index (κ3) is 7.42. The average molecular weight is 425 g/mol. The predicted molar refractivity (Wildman–Crippen MR) is 125 cm³/mol. The van der Waals surface area contributed by atoms with Gasteiger partial charge in [0.1, 0.15) is 11.8 Å². The Hall–Kier alpha value is -2.82.